The van der Waals surface area contributed by atoms with Gasteiger partial charge in [-0.2, -0.15) is 0 Å². The Hall–Kier alpha value is -1.04. The van der Waals surface area contributed by atoms with Crippen LogP contribution in [0.1, 0.15) is 70.8 Å². The summed E-state index contributed by atoms with van der Waals surface area (Å²) in [5.41, 5.74) is 0. The molecule has 3 fully saturated rings. The number of Topliss-reactive ketones (excluding diaryl/α,β-unsaturated/α-hetero) is 1. The molecule has 0 spiro atoms. The zero-order valence-corrected chi connectivity index (χ0v) is 15.4. The van der Waals surface area contributed by atoms with Crippen molar-refractivity contribution in [3.8, 4) is 0 Å². The first kappa shape index (κ1) is 16.4. The van der Waals surface area contributed by atoms with Gasteiger partial charge in [-0.15, -0.1) is 10.2 Å². The molecule has 0 N–H and O–H groups in total. The van der Waals surface area contributed by atoms with E-state index in [2.05, 4.69) is 26.6 Å². The molecular weight excluding hydrogens is 320 g/mol. The molecule has 2 aliphatic carbocycles. The lowest BCUT2D eigenvalue weighted by atomic mass is 10.00. The monoisotopic (exact) mass is 348 g/mol. The maximum Gasteiger partial charge on any atom is 0.228 e. The van der Waals surface area contributed by atoms with E-state index in [1.54, 1.807) is 11.8 Å². The summed E-state index contributed by atoms with van der Waals surface area (Å²) in [6.45, 7) is 4.50. The highest BCUT2D eigenvalue weighted by Crippen LogP contribution is 2.43. The van der Waals surface area contributed by atoms with Crippen LogP contribution in [0.15, 0.2) is 5.16 Å². The highest BCUT2D eigenvalue weighted by Gasteiger charge is 2.34. The van der Waals surface area contributed by atoms with Crippen LogP contribution >= 0.6 is 11.8 Å². The van der Waals surface area contributed by atoms with E-state index in [4.69, 9.17) is 0 Å². The van der Waals surface area contributed by atoms with E-state index in [1.807, 2.05) is 0 Å². The van der Waals surface area contributed by atoms with Crippen LogP contribution in [-0.2, 0) is 4.79 Å². The molecule has 3 aliphatic rings. The molecular formula is C18H28N4OS. The summed E-state index contributed by atoms with van der Waals surface area (Å²) in [4.78, 5) is 14.8. The van der Waals surface area contributed by atoms with Gasteiger partial charge in [0.05, 0.1) is 5.25 Å². The quantitative estimate of drug-likeness (QED) is 0.774. The lowest BCUT2D eigenvalue weighted by Gasteiger charge is -2.31. The SMILES string of the molecule is CC1CCN(c2nnc(S[C@@H]3CCCCCC3=O)n2C2CC2)CC1. The number of hydrogen-bond acceptors (Lipinski definition) is 5. The summed E-state index contributed by atoms with van der Waals surface area (Å²) in [5, 5.41) is 10.1. The molecule has 2 saturated carbocycles. The minimum absolute atomic E-state index is 0.0865. The number of aromatic nitrogens is 3. The van der Waals surface area contributed by atoms with Gasteiger partial charge in [0.15, 0.2) is 5.16 Å². The topological polar surface area (TPSA) is 51.0 Å². The lowest BCUT2D eigenvalue weighted by molar-refractivity contribution is -0.118. The fraction of sp³-hybridized carbons (Fsp3) is 0.833. The fourth-order valence-electron chi connectivity index (χ4n) is 3.81. The second-order valence-corrected chi connectivity index (χ2v) is 8.90. The third kappa shape index (κ3) is 3.48. The molecule has 24 heavy (non-hydrogen) atoms. The molecule has 5 nitrogen and oxygen atoms in total. The fourth-order valence-corrected chi connectivity index (χ4v) is 5.03. The Morgan fingerprint density at radius 3 is 2.54 bits per heavy atom. The van der Waals surface area contributed by atoms with Gasteiger partial charge in [0.2, 0.25) is 5.95 Å². The Bertz CT molecular complexity index is 590. The van der Waals surface area contributed by atoms with Gasteiger partial charge in [0.25, 0.3) is 0 Å². The van der Waals surface area contributed by atoms with Crippen LogP contribution in [0.5, 0.6) is 0 Å². The van der Waals surface area contributed by atoms with Crippen molar-refractivity contribution in [2.45, 2.75) is 81.2 Å². The number of rotatable bonds is 4. The maximum atomic E-state index is 12.4. The number of piperidine rings is 1. The Balaban J connectivity index is 1.54. The van der Waals surface area contributed by atoms with Gasteiger partial charge < -0.3 is 4.90 Å². The molecule has 6 heteroatoms. The van der Waals surface area contributed by atoms with Gasteiger partial charge in [-0.1, -0.05) is 31.5 Å². The molecule has 0 amide bonds. The van der Waals surface area contributed by atoms with Gasteiger partial charge in [-0.3, -0.25) is 9.36 Å². The molecule has 0 aromatic carbocycles. The second kappa shape index (κ2) is 7.06. The summed E-state index contributed by atoms with van der Waals surface area (Å²) in [5.74, 6) is 2.28. The van der Waals surface area contributed by atoms with E-state index < -0.39 is 0 Å². The number of nitrogens with zero attached hydrogens (tertiary/aromatic N) is 4. The second-order valence-electron chi connectivity index (χ2n) is 7.73. The van der Waals surface area contributed by atoms with Crippen molar-refractivity contribution in [2.75, 3.05) is 18.0 Å². The highest BCUT2D eigenvalue weighted by atomic mass is 32.2. The van der Waals surface area contributed by atoms with Crippen LogP contribution in [0, 0.1) is 5.92 Å². The summed E-state index contributed by atoms with van der Waals surface area (Å²) < 4.78 is 2.35. The summed E-state index contributed by atoms with van der Waals surface area (Å²) in [6, 6.07) is 0.553. The van der Waals surface area contributed by atoms with Crippen molar-refractivity contribution in [2.24, 2.45) is 5.92 Å². The molecule has 2 heterocycles. The maximum absolute atomic E-state index is 12.4. The predicted octanol–water partition coefficient (Wildman–Crippen LogP) is 3.84. The van der Waals surface area contributed by atoms with Crippen LogP contribution < -0.4 is 4.90 Å². The van der Waals surface area contributed by atoms with Crippen molar-refractivity contribution in [1.29, 1.82) is 0 Å². The van der Waals surface area contributed by atoms with E-state index in [9.17, 15) is 4.79 Å². The first-order valence-electron chi connectivity index (χ1n) is 9.61. The van der Waals surface area contributed by atoms with E-state index in [0.29, 0.717) is 11.8 Å². The first-order valence-corrected chi connectivity index (χ1v) is 10.5. The van der Waals surface area contributed by atoms with Gasteiger partial charge in [0, 0.05) is 25.6 Å². The zero-order chi connectivity index (χ0) is 16.5. The van der Waals surface area contributed by atoms with Crippen molar-refractivity contribution >= 4 is 23.5 Å². The molecule has 1 aliphatic heterocycles. The van der Waals surface area contributed by atoms with Crippen LogP contribution in [0.4, 0.5) is 5.95 Å². The molecule has 1 atom stereocenters. The average Bonchev–Trinajstić information content (AvgIpc) is 3.36. The summed E-state index contributed by atoms with van der Waals surface area (Å²) in [7, 11) is 0. The van der Waals surface area contributed by atoms with E-state index in [-0.39, 0.29) is 5.25 Å². The van der Waals surface area contributed by atoms with Crippen molar-refractivity contribution in [3.63, 3.8) is 0 Å². The molecule has 0 unspecified atom stereocenters. The Morgan fingerprint density at radius 2 is 1.79 bits per heavy atom. The molecule has 1 aromatic rings. The standard InChI is InChI=1S/C18H28N4OS/c1-13-9-11-21(12-10-13)17-19-20-18(22(17)14-7-8-14)24-16-6-4-2-3-5-15(16)23/h13-14,16H,2-12H2,1H3/t16-/m1/s1. The Kier molecular flexibility index (Phi) is 4.83. The number of hydrogen-bond donors (Lipinski definition) is 0. The van der Waals surface area contributed by atoms with E-state index in [0.717, 1.165) is 55.8 Å². The van der Waals surface area contributed by atoms with E-state index >= 15 is 0 Å². The van der Waals surface area contributed by atoms with Gasteiger partial charge in [-0.25, -0.2) is 0 Å². The summed E-state index contributed by atoms with van der Waals surface area (Å²) >= 11 is 1.68. The summed E-state index contributed by atoms with van der Waals surface area (Å²) in [6.07, 6.45) is 10.1. The first-order chi connectivity index (χ1) is 11.7. The van der Waals surface area contributed by atoms with Gasteiger partial charge >= 0.3 is 0 Å². The van der Waals surface area contributed by atoms with E-state index in [1.165, 1.54) is 32.1 Å². The number of ketones is 1. The zero-order valence-electron chi connectivity index (χ0n) is 14.6. The molecule has 1 saturated heterocycles. The largest absolute Gasteiger partial charge is 0.341 e. The molecule has 1 aromatic heterocycles. The third-order valence-corrected chi connectivity index (χ3v) is 6.89. The minimum Gasteiger partial charge on any atom is -0.341 e. The number of carbonyl (C=O) groups is 1. The normalized spacial score (nSPS) is 26.6. The number of anilines is 1. The lowest BCUT2D eigenvalue weighted by Crippen LogP contribution is -2.34. The van der Waals surface area contributed by atoms with Crippen LogP contribution in [0.25, 0.3) is 0 Å². The smallest absolute Gasteiger partial charge is 0.228 e. The Labute approximate surface area is 148 Å². The molecule has 0 bridgehead atoms. The minimum atomic E-state index is 0.0865. The molecule has 0 radical (unpaired) electrons. The average molecular weight is 349 g/mol. The van der Waals surface area contributed by atoms with Crippen molar-refractivity contribution < 1.29 is 4.79 Å². The van der Waals surface area contributed by atoms with Crippen LogP contribution in [0.2, 0.25) is 0 Å². The Morgan fingerprint density at radius 1 is 1.00 bits per heavy atom. The highest BCUT2D eigenvalue weighted by molar-refractivity contribution is 8.00. The third-order valence-electron chi connectivity index (χ3n) is 5.62. The van der Waals surface area contributed by atoms with Crippen LogP contribution in [0.3, 0.4) is 0 Å². The van der Waals surface area contributed by atoms with Gasteiger partial charge in [0.1, 0.15) is 5.78 Å². The van der Waals surface area contributed by atoms with Crippen LogP contribution in [-0.4, -0.2) is 38.9 Å². The predicted molar refractivity (Wildman–Crippen MR) is 96.6 cm³/mol. The van der Waals surface area contributed by atoms with Crippen molar-refractivity contribution in [1.82, 2.24) is 14.8 Å². The molecule has 132 valence electrons. The van der Waals surface area contributed by atoms with Crippen molar-refractivity contribution in [3.05, 3.63) is 0 Å². The molecule has 4 rings (SSSR count). The number of thioether (sulfide) groups is 1. The van der Waals surface area contributed by atoms with Gasteiger partial charge in [-0.05, 0) is 44.4 Å². The number of carbonyl (C=O) groups excluding carboxylic acids is 1.